The van der Waals surface area contributed by atoms with Crippen molar-refractivity contribution >= 4 is 45.1 Å². The van der Waals surface area contributed by atoms with E-state index in [4.69, 9.17) is 9.47 Å². The molecule has 0 aromatic carbocycles. The van der Waals surface area contributed by atoms with Gasteiger partial charge in [-0.05, 0) is 19.0 Å². The van der Waals surface area contributed by atoms with Gasteiger partial charge in [0.2, 0.25) is 0 Å². The summed E-state index contributed by atoms with van der Waals surface area (Å²) in [7, 11) is 9.88. The first-order valence-corrected chi connectivity index (χ1v) is 12.4. The number of nitrogens with zero attached hydrogens (tertiary/aromatic N) is 4. The highest BCUT2D eigenvalue weighted by Gasteiger charge is 2.35. The van der Waals surface area contributed by atoms with Crippen LogP contribution in [0.5, 0.6) is 17.4 Å². The van der Waals surface area contributed by atoms with Crippen molar-refractivity contribution in [1.29, 1.82) is 0 Å². The van der Waals surface area contributed by atoms with Crippen LogP contribution in [0.25, 0.3) is 11.4 Å². The fourth-order valence-corrected chi connectivity index (χ4v) is 3.51. The molecule has 1 aliphatic rings. The van der Waals surface area contributed by atoms with Gasteiger partial charge in [0.1, 0.15) is 33.4 Å². The largest absolute Gasteiger partial charge is 0.502 e. The average Bonchev–Trinajstić information content (AvgIpc) is 2.86. The predicted molar refractivity (Wildman–Crippen MR) is 152 cm³/mol. The van der Waals surface area contributed by atoms with E-state index in [1.165, 1.54) is 24.7 Å². The molecule has 1 aliphatic heterocycles. The van der Waals surface area contributed by atoms with Crippen molar-refractivity contribution in [2.24, 2.45) is 0 Å². The van der Waals surface area contributed by atoms with Gasteiger partial charge in [-0.25, -0.2) is 23.7 Å². The average molecular weight is 516 g/mol. The lowest BCUT2D eigenvalue weighted by molar-refractivity contribution is 0.0892. The maximum Gasteiger partial charge on any atom is 0.262 e. The summed E-state index contributed by atoms with van der Waals surface area (Å²) in [4.78, 5) is 29.3. The summed E-state index contributed by atoms with van der Waals surface area (Å²) >= 11 is 0. The minimum atomic E-state index is -1.10. The van der Waals surface area contributed by atoms with E-state index in [-0.39, 0.29) is 22.3 Å². The Morgan fingerprint density at radius 1 is 1.05 bits per heavy atom. The van der Waals surface area contributed by atoms with Crippen LogP contribution in [0.1, 0.15) is 16.8 Å². The Bertz CT molecular complexity index is 1300. The first kappa shape index (κ1) is 27.6. The van der Waals surface area contributed by atoms with Crippen LogP contribution in [0.3, 0.4) is 0 Å². The lowest BCUT2D eigenvalue weighted by Crippen LogP contribution is -2.52. The van der Waals surface area contributed by atoms with Crippen molar-refractivity contribution in [2.75, 3.05) is 13.1 Å². The van der Waals surface area contributed by atoms with Gasteiger partial charge in [-0.2, -0.15) is 0 Å². The second-order valence-corrected chi connectivity index (χ2v) is 10.7. The minimum Gasteiger partial charge on any atom is -0.502 e. The number of alkyl halides is 1. The summed E-state index contributed by atoms with van der Waals surface area (Å²) in [5, 5.41) is 4.84. The number of pyridine rings is 2. The highest BCUT2D eigenvalue weighted by Crippen LogP contribution is 2.36. The summed E-state index contributed by atoms with van der Waals surface area (Å²) in [6, 6.07) is 2.28. The Balaban J connectivity index is 1.50. The second-order valence-electron chi connectivity index (χ2n) is 10.7. The summed E-state index contributed by atoms with van der Waals surface area (Å²) in [6.45, 7) is 0.955. The number of ether oxygens (including phenoxy) is 2. The number of carbonyl (C=O) groups excluding carboxylic acids is 1. The van der Waals surface area contributed by atoms with E-state index in [1.54, 1.807) is 12.3 Å². The predicted octanol–water partition coefficient (Wildman–Crippen LogP) is -2.43. The van der Waals surface area contributed by atoms with Crippen LogP contribution >= 0.6 is 0 Å². The molecular weight excluding hydrogens is 488 g/mol. The van der Waals surface area contributed by atoms with E-state index >= 15 is 0 Å². The van der Waals surface area contributed by atoms with Crippen molar-refractivity contribution in [3.8, 4) is 28.8 Å². The molecule has 2 atom stereocenters. The van der Waals surface area contributed by atoms with Crippen molar-refractivity contribution in [1.82, 2.24) is 30.6 Å². The summed E-state index contributed by atoms with van der Waals surface area (Å²) < 4.78 is 40.1. The topological polar surface area (TPSA) is 111 Å². The van der Waals surface area contributed by atoms with Crippen molar-refractivity contribution in [2.45, 2.75) is 29.1 Å². The molecular formula is C22H27B5F2N6O3. The van der Waals surface area contributed by atoms with Gasteiger partial charge in [-0.1, -0.05) is 5.11 Å². The van der Waals surface area contributed by atoms with Crippen molar-refractivity contribution in [3.63, 3.8) is 0 Å². The molecule has 0 spiro atoms. The second kappa shape index (κ2) is 11.1. The van der Waals surface area contributed by atoms with Crippen LogP contribution in [-0.2, 0) is 0 Å². The molecule has 1 fully saturated rings. The maximum absolute atomic E-state index is 14.0. The molecule has 4 rings (SSSR count). The number of hydrogen-bond donors (Lipinski definition) is 2. The molecule has 2 N–H and O–H groups in total. The lowest BCUT2D eigenvalue weighted by Gasteiger charge is -2.40. The number of nitrogens with one attached hydrogen (secondary N) is 2. The molecule has 16 heteroatoms. The quantitative estimate of drug-likeness (QED) is 0.319. The lowest BCUT2D eigenvalue weighted by atomic mass is 9.28. The smallest absolute Gasteiger partial charge is 0.262 e. The normalized spacial score (nSPS) is 17.9. The molecule has 1 saturated heterocycles. The fourth-order valence-electron chi connectivity index (χ4n) is 3.51. The molecule has 3 aromatic rings. The third-order valence-electron chi connectivity index (χ3n) is 6.77. The number of amides is 1. The SMILES string of the molecule is BC(B)(B)C(B)(B)Oc1cc(F)cnc1Oc1cncc(-c2ncc(C(=O)N[C@@H]3CNCC[C@@H]3F)cn2)c1. The maximum atomic E-state index is 14.0. The fraction of sp³-hybridized carbons (Fsp3) is 0.318. The van der Waals surface area contributed by atoms with Crippen LogP contribution in [0.2, 0.25) is 5.11 Å². The molecule has 3 aromatic heterocycles. The third kappa shape index (κ3) is 6.53. The number of hydrogen-bond acceptors (Lipinski definition) is 8. The van der Waals surface area contributed by atoms with Gasteiger partial charge in [0, 0.05) is 42.2 Å². The zero-order valence-corrected chi connectivity index (χ0v) is 22.1. The van der Waals surface area contributed by atoms with Gasteiger partial charge in [0.05, 0.1) is 47.5 Å². The Hall–Kier alpha value is -3.41. The van der Waals surface area contributed by atoms with Crippen LogP contribution in [0.4, 0.5) is 8.78 Å². The molecule has 38 heavy (non-hydrogen) atoms. The van der Waals surface area contributed by atoms with E-state index in [2.05, 4.69) is 30.6 Å². The molecule has 0 bridgehead atoms. The highest BCUT2D eigenvalue weighted by atomic mass is 19.1. The number of aromatic nitrogens is 4. The summed E-state index contributed by atoms with van der Waals surface area (Å²) in [5.74, 6) is -0.145. The Labute approximate surface area is 224 Å². The van der Waals surface area contributed by atoms with E-state index in [1.807, 2.05) is 39.2 Å². The van der Waals surface area contributed by atoms with Crippen LogP contribution in [-0.4, -0.2) is 95.8 Å². The number of piperidine rings is 1. The number of halogens is 2. The molecule has 0 unspecified atom stereocenters. The van der Waals surface area contributed by atoms with Gasteiger partial charge in [-0.15, -0.1) is 0 Å². The zero-order chi connectivity index (χ0) is 27.5. The molecule has 0 aliphatic carbocycles. The van der Waals surface area contributed by atoms with Crippen molar-refractivity contribution in [3.05, 3.63) is 54.5 Å². The molecule has 0 radical (unpaired) electrons. The number of carbonyl (C=O) groups is 1. The van der Waals surface area contributed by atoms with E-state index in [0.717, 1.165) is 6.20 Å². The van der Waals surface area contributed by atoms with Gasteiger partial charge >= 0.3 is 0 Å². The Morgan fingerprint density at radius 3 is 2.47 bits per heavy atom. The number of rotatable bonds is 8. The zero-order valence-electron chi connectivity index (χ0n) is 22.1. The monoisotopic (exact) mass is 516 g/mol. The van der Waals surface area contributed by atoms with E-state index in [0.29, 0.717) is 36.6 Å². The first-order chi connectivity index (χ1) is 17.9. The Morgan fingerprint density at radius 2 is 1.79 bits per heavy atom. The Kier molecular flexibility index (Phi) is 8.10. The van der Waals surface area contributed by atoms with Gasteiger partial charge in [0.25, 0.3) is 11.8 Å². The summed E-state index contributed by atoms with van der Waals surface area (Å²) in [6.07, 6.45) is 6.05. The third-order valence-corrected chi connectivity index (χ3v) is 6.77. The standard InChI is InChI=1S/C22H27B5F2N6O3/c23-21(24,25)22(26,27)38-17-4-13(28)8-34-20(17)37-14-3-11(5-31-9-14)18-32-6-12(7-33-18)19(36)35-16-10-30-2-1-15(16)29/h3-9,15-16,30H,1-2,10,23-27H2,(H,35,36)/t15-,16+/m0/s1. The minimum absolute atomic E-state index is 0.0824. The summed E-state index contributed by atoms with van der Waals surface area (Å²) in [5.41, 5.74) is 0.736. The molecule has 4 heterocycles. The van der Waals surface area contributed by atoms with E-state index in [9.17, 15) is 13.6 Å². The molecule has 9 nitrogen and oxygen atoms in total. The van der Waals surface area contributed by atoms with Crippen LogP contribution in [0, 0.1) is 5.82 Å². The van der Waals surface area contributed by atoms with Gasteiger partial charge in [0.15, 0.2) is 11.6 Å². The van der Waals surface area contributed by atoms with Gasteiger partial charge in [-0.3, -0.25) is 9.78 Å². The van der Waals surface area contributed by atoms with E-state index < -0.39 is 29.3 Å². The highest BCUT2D eigenvalue weighted by molar-refractivity contribution is 6.66. The molecule has 192 valence electrons. The van der Waals surface area contributed by atoms with Crippen LogP contribution < -0.4 is 20.1 Å². The van der Waals surface area contributed by atoms with Crippen LogP contribution in [0.15, 0.2) is 43.1 Å². The first-order valence-electron chi connectivity index (χ1n) is 12.4. The van der Waals surface area contributed by atoms with Gasteiger partial charge < -0.3 is 20.1 Å². The molecule has 1 amide bonds. The molecule has 0 saturated carbocycles. The van der Waals surface area contributed by atoms with Crippen molar-refractivity contribution < 1.29 is 23.0 Å².